The minimum Gasteiger partial charge on any atom is -0.507 e. The van der Waals surface area contributed by atoms with Crippen LogP contribution in [0.25, 0.3) is 0 Å². The highest BCUT2D eigenvalue weighted by atomic mass is 16.3. The van der Waals surface area contributed by atoms with Gasteiger partial charge in [-0.3, -0.25) is 4.99 Å². The molecule has 0 spiro atoms. The standard InChI is InChI=1S/C13H19NO3/c1-3-4-10(8-15)14-7-11-12(16)5-9(2)6-13(11)17/h5-7,10,15-17H,3-4,8H2,1-2H3. The molecule has 0 radical (unpaired) electrons. The smallest absolute Gasteiger partial charge is 0.128 e. The molecule has 0 fully saturated rings. The molecular weight excluding hydrogens is 218 g/mol. The van der Waals surface area contributed by atoms with Gasteiger partial charge in [0, 0.05) is 6.21 Å². The lowest BCUT2D eigenvalue weighted by molar-refractivity contribution is 0.260. The number of aromatic hydroxyl groups is 2. The molecule has 0 bridgehead atoms. The van der Waals surface area contributed by atoms with Crippen LogP contribution in [0, 0.1) is 6.92 Å². The predicted molar refractivity (Wildman–Crippen MR) is 67.9 cm³/mol. The van der Waals surface area contributed by atoms with E-state index in [0.29, 0.717) is 5.56 Å². The zero-order chi connectivity index (χ0) is 12.8. The molecule has 1 unspecified atom stereocenters. The van der Waals surface area contributed by atoms with Crippen LogP contribution < -0.4 is 0 Å². The molecule has 1 aromatic carbocycles. The fraction of sp³-hybridized carbons (Fsp3) is 0.462. The maximum Gasteiger partial charge on any atom is 0.128 e. The van der Waals surface area contributed by atoms with Gasteiger partial charge in [-0.05, 0) is 31.0 Å². The Morgan fingerprint density at radius 3 is 2.35 bits per heavy atom. The number of hydrogen-bond donors (Lipinski definition) is 3. The van der Waals surface area contributed by atoms with Gasteiger partial charge in [-0.2, -0.15) is 0 Å². The van der Waals surface area contributed by atoms with E-state index < -0.39 is 0 Å². The van der Waals surface area contributed by atoms with Crippen LogP contribution in [0.4, 0.5) is 0 Å². The second kappa shape index (κ2) is 6.25. The molecule has 1 aromatic rings. The van der Waals surface area contributed by atoms with Crippen molar-refractivity contribution in [3.8, 4) is 11.5 Å². The number of phenols is 2. The molecule has 0 aliphatic heterocycles. The van der Waals surface area contributed by atoms with Gasteiger partial charge in [0.25, 0.3) is 0 Å². The Labute approximate surface area is 101 Å². The van der Waals surface area contributed by atoms with Crippen LogP contribution in [-0.4, -0.2) is 34.2 Å². The summed E-state index contributed by atoms with van der Waals surface area (Å²) in [5.41, 5.74) is 1.08. The predicted octanol–water partition coefficient (Wildman–Crippen LogP) is 1.99. The summed E-state index contributed by atoms with van der Waals surface area (Å²) in [5, 5.41) is 28.4. The minimum atomic E-state index is -0.180. The Morgan fingerprint density at radius 2 is 1.88 bits per heavy atom. The number of rotatable bonds is 5. The van der Waals surface area contributed by atoms with E-state index in [1.165, 1.54) is 6.21 Å². The molecule has 0 saturated carbocycles. The largest absolute Gasteiger partial charge is 0.507 e. The number of hydrogen-bond acceptors (Lipinski definition) is 4. The van der Waals surface area contributed by atoms with E-state index in [0.717, 1.165) is 18.4 Å². The molecule has 0 aliphatic rings. The fourth-order valence-electron chi connectivity index (χ4n) is 1.62. The lowest BCUT2D eigenvalue weighted by atomic mass is 10.1. The first-order valence-corrected chi connectivity index (χ1v) is 5.75. The van der Waals surface area contributed by atoms with E-state index in [-0.39, 0.29) is 24.1 Å². The van der Waals surface area contributed by atoms with Crippen molar-refractivity contribution in [1.29, 1.82) is 0 Å². The summed E-state index contributed by atoms with van der Waals surface area (Å²) >= 11 is 0. The quantitative estimate of drug-likeness (QED) is 0.686. The summed E-state index contributed by atoms with van der Waals surface area (Å²) in [6.07, 6.45) is 3.12. The van der Waals surface area contributed by atoms with Crippen LogP contribution in [0.15, 0.2) is 17.1 Å². The number of aliphatic hydroxyl groups is 1. The fourth-order valence-corrected chi connectivity index (χ4v) is 1.62. The topological polar surface area (TPSA) is 73.1 Å². The molecule has 94 valence electrons. The number of nitrogens with zero attached hydrogens (tertiary/aromatic N) is 1. The molecule has 3 N–H and O–H groups in total. The third kappa shape index (κ3) is 3.75. The van der Waals surface area contributed by atoms with Crippen LogP contribution in [0.5, 0.6) is 11.5 Å². The molecule has 0 heterocycles. The maximum atomic E-state index is 9.67. The van der Waals surface area contributed by atoms with E-state index in [1.807, 2.05) is 6.92 Å². The maximum absolute atomic E-state index is 9.67. The van der Waals surface area contributed by atoms with E-state index in [1.54, 1.807) is 19.1 Å². The summed E-state index contributed by atoms with van der Waals surface area (Å²) in [5.74, 6) is -0.00104. The first-order chi connectivity index (χ1) is 8.08. The molecule has 0 aromatic heterocycles. The molecule has 4 nitrogen and oxygen atoms in total. The highest BCUT2D eigenvalue weighted by Crippen LogP contribution is 2.26. The van der Waals surface area contributed by atoms with Gasteiger partial charge in [-0.25, -0.2) is 0 Å². The molecule has 1 rings (SSSR count). The Kier molecular flexibility index (Phi) is 4.97. The number of aryl methyl sites for hydroxylation is 1. The van der Waals surface area contributed by atoms with E-state index >= 15 is 0 Å². The Balaban J connectivity index is 2.90. The zero-order valence-electron chi connectivity index (χ0n) is 10.2. The van der Waals surface area contributed by atoms with Crippen LogP contribution in [0.1, 0.15) is 30.9 Å². The van der Waals surface area contributed by atoms with Gasteiger partial charge in [0.1, 0.15) is 11.5 Å². The van der Waals surface area contributed by atoms with Crippen LogP contribution in [0.2, 0.25) is 0 Å². The molecule has 4 heteroatoms. The average molecular weight is 237 g/mol. The van der Waals surface area contributed by atoms with Crippen molar-refractivity contribution in [2.24, 2.45) is 4.99 Å². The van der Waals surface area contributed by atoms with Crippen molar-refractivity contribution in [2.45, 2.75) is 32.7 Å². The van der Waals surface area contributed by atoms with Gasteiger partial charge < -0.3 is 15.3 Å². The molecule has 1 atom stereocenters. The van der Waals surface area contributed by atoms with Gasteiger partial charge in [0.2, 0.25) is 0 Å². The van der Waals surface area contributed by atoms with Crippen molar-refractivity contribution in [3.05, 3.63) is 23.3 Å². The van der Waals surface area contributed by atoms with Gasteiger partial charge in [0.15, 0.2) is 0 Å². The SMILES string of the molecule is CCCC(CO)N=Cc1c(O)cc(C)cc1O. The van der Waals surface area contributed by atoms with Gasteiger partial charge in [-0.1, -0.05) is 13.3 Å². The first-order valence-electron chi connectivity index (χ1n) is 5.75. The molecule has 0 amide bonds. The van der Waals surface area contributed by atoms with Crippen molar-refractivity contribution >= 4 is 6.21 Å². The lowest BCUT2D eigenvalue weighted by Gasteiger charge is -2.08. The molecule has 0 saturated heterocycles. The molecule has 0 aliphatic carbocycles. The Bertz CT molecular complexity index is 379. The van der Waals surface area contributed by atoms with E-state index in [9.17, 15) is 10.2 Å². The van der Waals surface area contributed by atoms with Gasteiger partial charge in [-0.15, -0.1) is 0 Å². The van der Waals surface area contributed by atoms with Crippen LogP contribution in [-0.2, 0) is 0 Å². The third-order valence-electron chi connectivity index (χ3n) is 2.53. The number of aliphatic imine (C=N–C) groups is 1. The van der Waals surface area contributed by atoms with Crippen LogP contribution in [0.3, 0.4) is 0 Å². The second-order valence-electron chi connectivity index (χ2n) is 4.12. The average Bonchev–Trinajstić information content (AvgIpc) is 2.26. The lowest BCUT2D eigenvalue weighted by Crippen LogP contribution is -2.09. The minimum absolute atomic E-state index is 0.000520. The number of benzene rings is 1. The molecular formula is C13H19NO3. The van der Waals surface area contributed by atoms with Gasteiger partial charge >= 0.3 is 0 Å². The summed E-state index contributed by atoms with van der Waals surface area (Å²) in [4.78, 5) is 4.16. The summed E-state index contributed by atoms with van der Waals surface area (Å²) in [6.45, 7) is 3.77. The van der Waals surface area contributed by atoms with Crippen molar-refractivity contribution in [3.63, 3.8) is 0 Å². The number of aliphatic hydroxyl groups excluding tert-OH is 1. The summed E-state index contributed by atoms with van der Waals surface area (Å²) in [6, 6.07) is 2.95. The van der Waals surface area contributed by atoms with E-state index in [4.69, 9.17) is 5.11 Å². The van der Waals surface area contributed by atoms with Crippen molar-refractivity contribution in [1.82, 2.24) is 0 Å². The second-order valence-corrected chi connectivity index (χ2v) is 4.12. The third-order valence-corrected chi connectivity index (χ3v) is 2.53. The molecule has 17 heavy (non-hydrogen) atoms. The summed E-state index contributed by atoms with van der Waals surface area (Å²) in [7, 11) is 0. The Hall–Kier alpha value is -1.55. The van der Waals surface area contributed by atoms with E-state index in [2.05, 4.69) is 4.99 Å². The summed E-state index contributed by atoms with van der Waals surface area (Å²) < 4.78 is 0. The van der Waals surface area contributed by atoms with Crippen LogP contribution >= 0.6 is 0 Å². The van der Waals surface area contributed by atoms with Crippen molar-refractivity contribution in [2.75, 3.05) is 6.61 Å². The normalized spacial score (nSPS) is 13.1. The van der Waals surface area contributed by atoms with Gasteiger partial charge in [0.05, 0.1) is 18.2 Å². The highest BCUT2D eigenvalue weighted by Gasteiger charge is 2.07. The first kappa shape index (κ1) is 13.5. The number of phenolic OH excluding ortho intramolecular Hbond substituents is 2. The monoisotopic (exact) mass is 237 g/mol. The van der Waals surface area contributed by atoms with Crippen molar-refractivity contribution < 1.29 is 15.3 Å². The Morgan fingerprint density at radius 1 is 1.29 bits per heavy atom. The highest BCUT2D eigenvalue weighted by molar-refractivity contribution is 5.87. The zero-order valence-corrected chi connectivity index (χ0v) is 10.2.